The Hall–Kier alpha value is -3.67. The second-order valence-electron chi connectivity index (χ2n) is 6.26. The number of para-hydroxylation sites is 1. The molecule has 2 heterocycles. The Balaban J connectivity index is 1.45. The van der Waals surface area contributed by atoms with Crippen LogP contribution in [0.3, 0.4) is 0 Å². The van der Waals surface area contributed by atoms with Crippen LogP contribution in [0.5, 0.6) is 5.75 Å². The molecule has 28 heavy (non-hydrogen) atoms. The summed E-state index contributed by atoms with van der Waals surface area (Å²) in [4.78, 5) is 17.1. The largest absolute Gasteiger partial charge is 0.486 e. The molecule has 140 valence electrons. The normalized spacial score (nSPS) is 10.8. The highest BCUT2D eigenvalue weighted by atomic mass is 19.1. The first-order valence-corrected chi connectivity index (χ1v) is 8.87. The van der Waals surface area contributed by atoms with E-state index in [0.29, 0.717) is 16.9 Å². The number of fused-ring (bicyclic) bond motifs is 1. The monoisotopic (exact) mass is 375 g/mol. The summed E-state index contributed by atoms with van der Waals surface area (Å²) >= 11 is 0. The summed E-state index contributed by atoms with van der Waals surface area (Å²) in [5.41, 5.74) is 2.41. The lowest BCUT2D eigenvalue weighted by Gasteiger charge is -2.11. The molecule has 2 aromatic heterocycles. The van der Waals surface area contributed by atoms with Crippen LogP contribution in [0.25, 0.3) is 5.65 Å². The molecule has 0 saturated carbocycles. The van der Waals surface area contributed by atoms with Gasteiger partial charge in [-0.15, -0.1) is 0 Å². The number of nitrogens with one attached hydrogen (secondary N) is 1. The van der Waals surface area contributed by atoms with Gasteiger partial charge in [0.05, 0.1) is 11.3 Å². The van der Waals surface area contributed by atoms with Gasteiger partial charge < -0.3 is 14.5 Å². The number of hydrogen-bond acceptors (Lipinski definition) is 3. The molecule has 1 amide bonds. The lowest BCUT2D eigenvalue weighted by molar-refractivity contribution is 0.0946. The predicted molar refractivity (Wildman–Crippen MR) is 104 cm³/mol. The average Bonchev–Trinajstić information content (AvgIpc) is 3.15. The Morgan fingerprint density at radius 3 is 2.68 bits per heavy atom. The number of halogens is 1. The van der Waals surface area contributed by atoms with Crippen molar-refractivity contribution >= 4 is 11.6 Å². The van der Waals surface area contributed by atoms with Gasteiger partial charge in [0.15, 0.2) is 0 Å². The van der Waals surface area contributed by atoms with E-state index in [9.17, 15) is 9.18 Å². The van der Waals surface area contributed by atoms with E-state index in [4.69, 9.17) is 4.74 Å². The Morgan fingerprint density at radius 2 is 1.82 bits per heavy atom. The Kier molecular flexibility index (Phi) is 5.01. The standard InChI is InChI=1S/C22H18FN3O2/c23-19-9-3-1-7-16(19)13-24-22(27)18-8-2-4-10-20(18)28-15-17-14-26-12-6-5-11-21(26)25-17/h1-12,14H,13,15H2,(H,24,27). The summed E-state index contributed by atoms with van der Waals surface area (Å²) in [5.74, 6) is -0.223. The van der Waals surface area contributed by atoms with Gasteiger partial charge in [0, 0.05) is 24.5 Å². The molecule has 0 aliphatic rings. The zero-order valence-corrected chi connectivity index (χ0v) is 15.0. The van der Waals surface area contributed by atoms with Crippen LogP contribution >= 0.6 is 0 Å². The van der Waals surface area contributed by atoms with Crippen LogP contribution in [-0.2, 0) is 13.2 Å². The van der Waals surface area contributed by atoms with Crippen molar-refractivity contribution in [1.29, 1.82) is 0 Å². The first kappa shape index (κ1) is 17.7. The Morgan fingerprint density at radius 1 is 1.04 bits per heavy atom. The number of ether oxygens (including phenoxy) is 1. The van der Waals surface area contributed by atoms with E-state index in [0.717, 1.165) is 11.3 Å². The van der Waals surface area contributed by atoms with E-state index < -0.39 is 0 Å². The SMILES string of the molecule is O=C(NCc1ccccc1F)c1ccccc1OCc1cn2ccccc2n1. The molecule has 0 aliphatic heterocycles. The van der Waals surface area contributed by atoms with Crippen LogP contribution in [0.4, 0.5) is 4.39 Å². The summed E-state index contributed by atoms with van der Waals surface area (Å²) < 4.78 is 21.5. The molecule has 5 nitrogen and oxygen atoms in total. The molecular formula is C22H18FN3O2. The molecule has 0 radical (unpaired) electrons. The minimum absolute atomic E-state index is 0.103. The van der Waals surface area contributed by atoms with Crippen molar-refractivity contribution in [3.8, 4) is 5.75 Å². The van der Waals surface area contributed by atoms with Gasteiger partial charge in [-0.2, -0.15) is 0 Å². The lowest BCUT2D eigenvalue weighted by atomic mass is 10.1. The van der Waals surface area contributed by atoms with E-state index in [1.54, 1.807) is 42.5 Å². The van der Waals surface area contributed by atoms with E-state index in [-0.39, 0.29) is 24.9 Å². The quantitative estimate of drug-likeness (QED) is 0.555. The van der Waals surface area contributed by atoms with Crippen molar-refractivity contribution in [2.24, 2.45) is 0 Å². The minimum atomic E-state index is -0.348. The number of amides is 1. The van der Waals surface area contributed by atoms with Crippen molar-refractivity contribution < 1.29 is 13.9 Å². The number of benzene rings is 2. The third-order valence-electron chi connectivity index (χ3n) is 4.32. The fraction of sp³-hybridized carbons (Fsp3) is 0.0909. The molecule has 0 spiro atoms. The van der Waals surface area contributed by atoms with E-state index >= 15 is 0 Å². The lowest BCUT2D eigenvalue weighted by Crippen LogP contribution is -2.24. The maximum Gasteiger partial charge on any atom is 0.255 e. The van der Waals surface area contributed by atoms with Crippen LogP contribution in [-0.4, -0.2) is 15.3 Å². The molecule has 0 atom stereocenters. The molecular weight excluding hydrogens is 357 g/mol. The Labute approximate surface area is 161 Å². The number of rotatable bonds is 6. The van der Waals surface area contributed by atoms with Gasteiger partial charge in [-0.1, -0.05) is 36.4 Å². The van der Waals surface area contributed by atoms with Crippen molar-refractivity contribution in [3.05, 3.63) is 102 Å². The minimum Gasteiger partial charge on any atom is -0.486 e. The van der Waals surface area contributed by atoms with Gasteiger partial charge in [0.25, 0.3) is 5.91 Å². The molecule has 6 heteroatoms. The average molecular weight is 375 g/mol. The van der Waals surface area contributed by atoms with Crippen molar-refractivity contribution in [3.63, 3.8) is 0 Å². The number of imidazole rings is 1. The first-order valence-electron chi connectivity index (χ1n) is 8.87. The van der Waals surface area contributed by atoms with Gasteiger partial charge in [0.1, 0.15) is 23.8 Å². The molecule has 0 fully saturated rings. The number of hydrogen-bond donors (Lipinski definition) is 1. The number of carbonyl (C=O) groups excluding carboxylic acids is 1. The van der Waals surface area contributed by atoms with Gasteiger partial charge in [-0.05, 0) is 30.3 Å². The highest BCUT2D eigenvalue weighted by Crippen LogP contribution is 2.20. The third kappa shape index (κ3) is 3.86. The molecule has 1 N–H and O–H groups in total. The van der Waals surface area contributed by atoms with Gasteiger partial charge in [-0.3, -0.25) is 4.79 Å². The first-order chi connectivity index (χ1) is 13.7. The summed E-state index contributed by atoms with van der Waals surface area (Å²) in [5, 5.41) is 2.74. The van der Waals surface area contributed by atoms with Gasteiger partial charge in [-0.25, -0.2) is 9.37 Å². The van der Waals surface area contributed by atoms with Gasteiger partial charge >= 0.3 is 0 Å². The van der Waals surface area contributed by atoms with Crippen molar-refractivity contribution in [2.75, 3.05) is 0 Å². The highest BCUT2D eigenvalue weighted by Gasteiger charge is 2.13. The second kappa shape index (κ2) is 7.92. The van der Waals surface area contributed by atoms with Gasteiger partial charge in [0.2, 0.25) is 0 Å². The zero-order chi connectivity index (χ0) is 19.3. The molecule has 0 unspecified atom stereocenters. The van der Waals surface area contributed by atoms with Crippen LogP contribution in [0, 0.1) is 5.82 Å². The topological polar surface area (TPSA) is 55.6 Å². The summed E-state index contributed by atoms with van der Waals surface area (Å²) in [6.07, 6.45) is 3.80. The molecule has 0 aliphatic carbocycles. The highest BCUT2D eigenvalue weighted by molar-refractivity contribution is 5.96. The maximum absolute atomic E-state index is 13.7. The fourth-order valence-corrected chi connectivity index (χ4v) is 2.90. The molecule has 4 aromatic rings. The number of carbonyl (C=O) groups is 1. The number of aromatic nitrogens is 2. The summed E-state index contributed by atoms with van der Waals surface area (Å²) in [7, 11) is 0. The third-order valence-corrected chi connectivity index (χ3v) is 4.32. The van der Waals surface area contributed by atoms with Crippen LogP contribution in [0.2, 0.25) is 0 Å². The number of pyridine rings is 1. The molecule has 2 aromatic carbocycles. The van der Waals surface area contributed by atoms with Crippen LogP contribution < -0.4 is 10.1 Å². The van der Waals surface area contributed by atoms with Crippen LogP contribution in [0.15, 0.2) is 79.1 Å². The zero-order valence-electron chi connectivity index (χ0n) is 15.0. The van der Waals surface area contributed by atoms with E-state index in [2.05, 4.69) is 10.3 Å². The van der Waals surface area contributed by atoms with Crippen molar-refractivity contribution in [1.82, 2.24) is 14.7 Å². The molecule has 4 rings (SSSR count). The van der Waals surface area contributed by atoms with E-state index in [1.165, 1.54) is 6.07 Å². The second-order valence-corrected chi connectivity index (χ2v) is 6.26. The van der Waals surface area contributed by atoms with Crippen LogP contribution in [0.1, 0.15) is 21.6 Å². The molecule has 0 saturated heterocycles. The summed E-state index contributed by atoms with van der Waals surface area (Å²) in [6, 6.07) is 19.1. The van der Waals surface area contributed by atoms with Crippen molar-refractivity contribution in [2.45, 2.75) is 13.2 Å². The fourth-order valence-electron chi connectivity index (χ4n) is 2.90. The maximum atomic E-state index is 13.7. The smallest absolute Gasteiger partial charge is 0.255 e. The summed E-state index contributed by atoms with van der Waals surface area (Å²) in [6.45, 7) is 0.339. The Bertz CT molecular complexity index is 1090. The molecule has 0 bridgehead atoms. The van der Waals surface area contributed by atoms with E-state index in [1.807, 2.05) is 35.0 Å². The predicted octanol–water partition coefficient (Wildman–Crippen LogP) is 3.98. The number of nitrogens with zero attached hydrogens (tertiary/aromatic N) is 2.